The van der Waals surface area contributed by atoms with Crippen LogP contribution < -0.4 is 11.2 Å². The van der Waals surface area contributed by atoms with Crippen molar-refractivity contribution in [1.82, 2.24) is 23.6 Å². The molecular formula is C22H27N5O3. The molecule has 0 atom stereocenters. The molecule has 1 saturated heterocycles. The Morgan fingerprint density at radius 3 is 2.47 bits per heavy atom. The normalized spacial score (nSPS) is 15.7. The Bertz CT molecular complexity index is 1170. The first-order valence-corrected chi connectivity index (χ1v) is 10.4. The van der Waals surface area contributed by atoms with Gasteiger partial charge >= 0.3 is 5.69 Å². The Kier molecular flexibility index (Phi) is 5.67. The van der Waals surface area contributed by atoms with Gasteiger partial charge in [-0.2, -0.15) is 0 Å². The lowest BCUT2D eigenvalue weighted by molar-refractivity contribution is 0.0838. The first-order chi connectivity index (χ1) is 14.5. The van der Waals surface area contributed by atoms with Crippen molar-refractivity contribution in [2.45, 2.75) is 25.8 Å². The summed E-state index contributed by atoms with van der Waals surface area (Å²) < 4.78 is 4.38. The van der Waals surface area contributed by atoms with Gasteiger partial charge in [-0.3, -0.25) is 18.7 Å². The van der Waals surface area contributed by atoms with Crippen LogP contribution in [0.4, 0.5) is 0 Å². The SMILES string of the molecule is Cn1cnc2c1c(=O)n(CCCN1CCC(C(=O)c3ccccc3)CC1)c(=O)n2C. The van der Waals surface area contributed by atoms with Crippen molar-refractivity contribution in [2.75, 3.05) is 19.6 Å². The summed E-state index contributed by atoms with van der Waals surface area (Å²) >= 11 is 0. The number of hydrogen-bond donors (Lipinski definition) is 0. The predicted octanol–water partition coefficient (Wildman–Crippen LogP) is 1.42. The summed E-state index contributed by atoms with van der Waals surface area (Å²) in [5, 5.41) is 0. The zero-order chi connectivity index (χ0) is 21.3. The molecule has 8 heteroatoms. The first-order valence-electron chi connectivity index (χ1n) is 10.4. The fourth-order valence-electron chi connectivity index (χ4n) is 4.30. The van der Waals surface area contributed by atoms with Gasteiger partial charge in [-0.05, 0) is 38.9 Å². The van der Waals surface area contributed by atoms with E-state index >= 15 is 0 Å². The monoisotopic (exact) mass is 409 g/mol. The van der Waals surface area contributed by atoms with Crippen LogP contribution in [0.25, 0.3) is 11.2 Å². The first kappa shape index (κ1) is 20.3. The van der Waals surface area contributed by atoms with Crippen LogP contribution in [-0.2, 0) is 20.6 Å². The number of ketones is 1. The van der Waals surface area contributed by atoms with Crippen LogP contribution >= 0.6 is 0 Å². The van der Waals surface area contributed by atoms with Gasteiger partial charge in [-0.15, -0.1) is 0 Å². The molecule has 30 heavy (non-hydrogen) atoms. The molecule has 0 aliphatic carbocycles. The fraction of sp³-hybridized carbons (Fsp3) is 0.455. The van der Waals surface area contributed by atoms with Gasteiger partial charge in [0.2, 0.25) is 0 Å². The Hall–Kier alpha value is -3.00. The number of Topliss-reactive ketones (excluding diaryl/α,β-unsaturated/α-hetero) is 1. The second-order valence-electron chi connectivity index (χ2n) is 8.03. The highest BCUT2D eigenvalue weighted by Gasteiger charge is 2.25. The number of carbonyl (C=O) groups excluding carboxylic acids is 1. The highest BCUT2D eigenvalue weighted by Crippen LogP contribution is 2.21. The maximum atomic E-state index is 12.8. The second-order valence-corrected chi connectivity index (χ2v) is 8.03. The number of nitrogens with zero attached hydrogens (tertiary/aromatic N) is 5. The topological polar surface area (TPSA) is 82.1 Å². The molecule has 3 aromatic rings. The molecule has 1 fully saturated rings. The number of imidazole rings is 1. The minimum absolute atomic E-state index is 0.0748. The zero-order valence-electron chi connectivity index (χ0n) is 17.5. The van der Waals surface area contributed by atoms with Crippen LogP contribution in [0.2, 0.25) is 0 Å². The van der Waals surface area contributed by atoms with Gasteiger partial charge in [0.15, 0.2) is 16.9 Å². The number of fused-ring (bicyclic) bond motifs is 1. The van der Waals surface area contributed by atoms with E-state index in [-0.39, 0.29) is 23.0 Å². The van der Waals surface area contributed by atoms with Crippen LogP contribution in [0.1, 0.15) is 29.6 Å². The number of benzene rings is 1. The third kappa shape index (κ3) is 3.75. The third-order valence-electron chi connectivity index (χ3n) is 6.07. The van der Waals surface area contributed by atoms with Crippen LogP contribution in [0.5, 0.6) is 0 Å². The van der Waals surface area contributed by atoms with E-state index in [0.29, 0.717) is 24.1 Å². The molecule has 4 rings (SSSR count). The van der Waals surface area contributed by atoms with Crippen LogP contribution in [0, 0.1) is 5.92 Å². The molecular weight excluding hydrogens is 382 g/mol. The molecule has 158 valence electrons. The smallest absolute Gasteiger partial charge is 0.328 e. The Morgan fingerprint density at radius 2 is 1.77 bits per heavy atom. The van der Waals surface area contributed by atoms with Crippen LogP contribution in [0.15, 0.2) is 46.2 Å². The summed E-state index contributed by atoms with van der Waals surface area (Å²) in [6, 6.07) is 9.48. The van der Waals surface area contributed by atoms with Gasteiger partial charge < -0.3 is 9.47 Å². The molecule has 0 radical (unpaired) electrons. The number of carbonyl (C=O) groups is 1. The summed E-state index contributed by atoms with van der Waals surface area (Å²) in [6.07, 6.45) is 3.94. The highest BCUT2D eigenvalue weighted by atomic mass is 16.2. The van der Waals surface area contributed by atoms with E-state index in [1.54, 1.807) is 25.0 Å². The molecule has 3 heterocycles. The maximum absolute atomic E-state index is 12.8. The fourth-order valence-corrected chi connectivity index (χ4v) is 4.30. The van der Waals surface area contributed by atoms with Gasteiger partial charge in [-0.1, -0.05) is 30.3 Å². The van der Waals surface area contributed by atoms with E-state index in [2.05, 4.69) is 9.88 Å². The van der Waals surface area contributed by atoms with Crippen molar-refractivity contribution < 1.29 is 4.79 Å². The standard InChI is InChI=1S/C22H27N5O3/c1-24-15-23-20-18(24)21(29)27(22(30)25(20)2)12-6-11-26-13-9-17(10-14-26)19(28)16-7-4-3-5-8-16/h3-5,7-8,15,17H,6,9-14H2,1-2H3. The Labute approximate surface area is 174 Å². The molecule has 1 aromatic carbocycles. The average molecular weight is 409 g/mol. The van der Waals surface area contributed by atoms with Crippen molar-refractivity contribution in [3.63, 3.8) is 0 Å². The number of hydrogen-bond acceptors (Lipinski definition) is 5. The van der Waals surface area contributed by atoms with E-state index in [4.69, 9.17) is 0 Å². The molecule has 1 aliphatic heterocycles. The van der Waals surface area contributed by atoms with Gasteiger partial charge in [0.1, 0.15) is 0 Å². The number of aryl methyl sites for hydroxylation is 2. The molecule has 0 spiro atoms. The van der Waals surface area contributed by atoms with Gasteiger partial charge in [-0.25, -0.2) is 9.78 Å². The van der Waals surface area contributed by atoms with Crippen molar-refractivity contribution in [3.8, 4) is 0 Å². The summed E-state index contributed by atoms with van der Waals surface area (Å²) in [7, 11) is 3.40. The molecule has 0 N–H and O–H groups in total. The van der Waals surface area contributed by atoms with Crippen molar-refractivity contribution >= 4 is 16.9 Å². The molecule has 0 saturated carbocycles. The highest BCUT2D eigenvalue weighted by molar-refractivity contribution is 5.97. The lowest BCUT2D eigenvalue weighted by Gasteiger charge is -2.31. The quantitative estimate of drug-likeness (QED) is 0.575. The second kappa shape index (κ2) is 8.39. The number of piperidine rings is 1. The van der Waals surface area contributed by atoms with Crippen molar-refractivity contribution in [1.29, 1.82) is 0 Å². The predicted molar refractivity (Wildman–Crippen MR) is 115 cm³/mol. The number of rotatable bonds is 6. The van der Waals surface area contributed by atoms with Gasteiger partial charge in [0, 0.05) is 32.1 Å². The molecule has 1 aliphatic rings. The average Bonchev–Trinajstić information content (AvgIpc) is 3.17. The van der Waals surface area contributed by atoms with Crippen LogP contribution in [0.3, 0.4) is 0 Å². The van der Waals surface area contributed by atoms with Gasteiger partial charge in [0.25, 0.3) is 5.56 Å². The largest absolute Gasteiger partial charge is 0.332 e. The maximum Gasteiger partial charge on any atom is 0.332 e. The number of likely N-dealkylation sites (tertiary alicyclic amines) is 1. The van der Waals surface area contributed by atoms with Crippen molar-refractivity contribution in [3.05, 3.63) is 63.1 Å². The van der Waals surface area contributed by atoms with E-state index < -0.39 is 0 Å². The van der Waals surface area contributed by atoms with E-state index in [1.807, 2.05) is 30.3 Å². The molecule has 2 aromatic heterocycles. The van der Waals surface area contributed by atoms with Crippen LogP contribution in [-0.4, -0.2) is 49.0 Å². The molecule has 0 unspecified atom stereocenters. The Balaban J connectivity index is 1.35. The zero-order valence-corrected chi connectivity index (χ0v) is 17.5. The third-order valence-corrected chi connectivity index (χ3v) is 6.07. The minimum atomic E-state index is -0.335. The summed E-state index contributed by atoms with van der Waals surface area (Å²) in [5.41, 5.74) is 1.02. The Morgan fingerprint density at radius 1 is 1.07 bits per heavy atom. The number of aromatic nitrogens is 4. The lowest BCUT2D eigenvalue weighted by atomic mass is 9.89. The molecule has 0 amide bonds. The van der Waals surface area contributed by atoms with Crippen molar-refractivity contribution in [2.24, 2.45) is 20.0 Å². The summed E-state index contributed by atoms with van der Waals surface area (Å²) in [4.78, 5) is 44.4. The molecule has 0 bridgehead atoms. The van der Waals surface area contributed by atoms with E-state index in [1.165, 1.54) is 9.13 Å². The summed E-state index contributed by atoms with van der Waals surface area (Å²) in [5.74, 6) is 0.306. The van der Waals surface area contributed by atoms with E-state index in [0.717, 1.165) is 38.0 Å². The van der Waals surface area contributed by atoms with Gasteiger partial charge in [0.05, 0.1) is 6.33 Å². The lowest BCUT2D eigenvalue weighted by Crippen LogP contribution is -2.41. The summed E-state index contributed by atoms with van der Waals surface area (Å²) in [6.45, 7) is 2.88. The molecule has 8 nitrogen and oxygen atoms in total. The van der Waals surface area contributed by atoms with E-state index in [9.17, 15) is 14.4 Å². The minimum Gasteiger partial charge on any atom is -0.328 e.